The summed E-state index contributed by atoms with van der Waals surface area (Å²) < 4.78 is 42.0. The molecule has 0 aromatic heterocycles. The fourth-order valence-corrected chi connectivity index (χ4v) is 2.57. The molecule has 2 rings (SSSR count). The standard InChI is InChI=1S/C16H15BrF3NO2.ClH/c17-11-6-7-14(23-16(18,19)20)12(9-11)15(21)13(22)8-10-4-2-1-3-5-10;/h1-7,9,13,15,22H,8,21H2;1H/t13-,15+;/m0./s1. The molecule has 0 heterocycles. The minimum atomic E-state index is -4.83. The second-order valence-electron chi connectivity index (χ2n) is 5.01. The molecule has 0 bridgehead atoms. The van der Waals surface area contributed by atoms with Gasteiger partial charge in [-0.3, -0.25) is 0 Å². The lowest BCUT2D eigenvalue weighted by Crippen LogP contribution is -2.29. The van der Waals surface area contributed by atoms with E-state index in [2.05, 4.69) is 20.7 Å². The Morgan fingerprint density at radius 1 is 1.12 bits per heavy atom. The van der Waals surface area contributed by atoms with E-state index >= 15 is 0 Å². The number of rotatable bonds is 5. The Hall–Kier alpha value is -1.28. The number of halogens is 5. The molecule has 2 aromatic rings. The van der Waals surface area contributed by atoms with Gasteiger partial charge >= 0.3 is 6.36 Å². The molecule has 0 saturated carbocycles. The monoisotopic (exact) mass is 425 g/mol. The maximum absolute atomic E-state index is 12.5. The summed E-state index contributed by atoms with van der Waals surface area (Å²) in [6.45, 7) is 0. The highest BCUT2D eigenvalue weighted by atomic mass is 79.9. The van der Waals surface area contributed by atoms with E-state index in [1.807, 2.05) is 30.3 Å². The molecule has 0 aliphatic carbocycles. The fraction of sp³-hybridized carbons (Fsp3) is 0.250. The number of hydrogen-bond donors (Lipinski definition) is 2. The van der Waals surface area contributed by atoms with Gasteiger partial charge in [-0.1, -0.05) is 46.3 Å². The van der Waals surface area contributed by atoms with Gasteiger partial charge in [0, 0.05) is 16.5 Å². The van der Waals surface area contributed by atoms with Gasteiger partial charge in [-0.25, -0.2) is 0 Å². The quantitative estimate of drug-likeness (QED) is 0.746. The van der Waals surface area contributed by atoms with Crippen LogP contribution in [0, 0.1) is 0 Å². The van der Waals surface area contributed by atoms with Gasteiger partial charge < -0.3 is 15.6 Å². The van der Waals surface area contributed by atoms with Gasteiger partial charge in [0.15, 0.2) is 0 Å². The van der Waals surface area contributed by atoms with Crippen molar-refractivity contribution in [2.75, 3.05) is 0 Å². The van der Waals surface area contributed by atoms with Crippen LogP contribution in [0.1, 0.15) is 17.2 Å². The molecule has 0 spiro atoms. The zero-order valence-corrected chi connectivity index (χ0v) is 14.7. The summed E-state index contributed by atoms with van der Waals surface area (Å²) >= 11 is 3.19. The van der Waals surface area contributed by atoms with Crippen LogP contribution in [0.4, 0.5) is 13.2 Å². The predicted octanol–water partition coefficient (Wildman–Crippen LogP) is 4.37. The largest absolute Gasteiger partial charge is 0.573 e. The fourth-order valence-electron chi connectivity index (χ4n) is 2.19. The lowest BCUT2D eigenvalue weighted by Gasteiger charge is -2.22. The highest BCUT2D eigenvalue weighted by Crippen LogP contribution is 2.33. The second kappa shape index (κ2) is 8.71. The van der Waals surface area contributed by atoms with Crippen molar-refractivity contribution in [3.05, 3.63) is 64.1 Å². The lowest BCUT2D eigenvalue weighted by molar-refractivity contribution is -0.275. The maximum atomic E-state index is 12.5. The van der Waals surface area contributed by atoms with Gasteiger partial charge in [0.2, 0.25) is 0 Å². The van der Waals surface area contributed by atoms with Crippen molar-refractivity contribution < 1.29 is 23.0 Å². The van der Waals surface area contributed by atoms with Crippen LogP contribution in [0.25, 0.3) is 0 Å². The third-order valence-electron chi connectivity index (χ3n) is 3.26. The Morgan fingerprint density at radius 2 is 1.75 bits per heavy atom. The Balaban J connectivity index is 0.00000288. The number of alkyl halides is 3. The van der Waals surface area contributed by atoms with E-state index in [0.29, 0.717) is 4.47 Å². The molecule has 0 saturated heterocycles. The first-order chi connectivity index (χ1) is 10.8. The third kappa shape index (κ3) is 5.98. The molecule has 0 radical (unpaired) electrons. The number of aliphatic hydroxyl groups is 1. The number of hydrogen-bond acceptors (Lipinski definition) is 3. The van der Waals surface area contributed by atoms with Crippen molar-refractivity contribution >= 4 is 28.3 Å². The van der Waals surface area contributed by atoms with E-state index in [1.165, 1.54) is 18.2 Å². The summed E-state index contributed by atoms with van der Waals surface area (Å²) in [5.74, 6) is -0.416. The molecule has 24 heavy (non-hydrogen) atoms. The molecule has 0 unspecified atom stereocenters. The molecule has 3 N–H and O–H groups in total. The highest BCUT2D eigenvalue weighted by Gasteiger charge is 2.33. The van der Waals surface area contributed by atoms with E-state index in [4.69, 9.17) is 5.73 Å². The van der Waals surface area contributed by atoms with E-state index in [0.717, 1.165) is 5.56 Å². The SMILES string of the molecule is Cl.N[C@H](c1cc(Br)ccc1OC(F)(F)F)[C@@H](O)Cc1ccccc1. The van der Waals surface area contributed by atoms with Crippen molar-refractivity contribution in [1.82, 2.24) is 0 Å². The van der Waals surface area contributed by atoms with Crippen LogP contribution in [0.3, 0.4) is 0 Å². The molecule has 2 aromatic carbocycles. The Bertz CT molecular complexity index is 656. The Kier molecular flexibility index (Phi) is 7.54. The zero-order chi connectivity index (χ0) is 17.0. The van der Waals surface area contributed by atoms with Crippen LogP contribution in [-0.4, -0.2) is 17.6 Å². The normalized spacial score (nSPS) is 13.8. The topological polar surface area (TPSA) is 55.5 Å². The molecular formula is C16H16BrClF3NO2. The second-order valence-corrected chi connectivity index (χ2v) is 5.93. The number of benzene rings is 2. The molecule has 2 atom stereocenters. The number of nitrogens with two attached hydrogens (primary N) is 1. The number of aliphatic hydroxyl groups excluding tert-OH is 1. The third-order valence-corrected chi connectivity index (χ3v) is 3.75. The summed E-state index contributed by atoms with van der Waals surface area (Å²) in [7, 11) is 0. The van der Waals surface area contributed by atoms with Crippen LogP contribution in [0.15, 0.2) is 53.0 Å². The summed E-state index contributed by atoms with van der Waals surface area (Å²) in [6, 6.07) is 12.1. The predicted molar refractivity (Wildman–Crippen MR) is 91.2 cm³/mol. The first kappa shape index (κ1) is 20.8. The zero-order valence-electron chi connectivity index (χ0n) is 12.3. The van der Waals surface area contributed by atoms with Crippen molar-refractivity contribution in [3.8, 4) is 5.75 Å². The molecule has 132 valence electrons. The molecule has 3 nitrogen and oxygen atoms in total. The summed E-state index contributed by atoms with van der Waals surface area (Å²) in [4.78, 5) is 0. The average molecular weight is 427 g/mol. The first-order valence-corrected chi connectivity index (χ1v) is 7.58. The van der Waals surface area contributed by atoms with Gasteiger partial charge in [0.1, 0.15) is 5.75 Å². The van der Waals surface area contributed by atoms with Crippen LogP contribution in [0.5, 0.6) is 5.75 Å². The van der Waals surface area contributed by atoms with Crippen LogP contribution < -0.4 is 10.5 Å². The Morgan fingerprint density at radius 3 is 2.33 bits per heavy atom. The smallest absolute Gasteiger partial charge is 0.405 e. The molecule has 0 aliphatic rings. The summed E-state index contributed by atoms with van der Waals surface area (Å²) in [6.07, 6.45) is -5.66. The molecule has 0 fully saturated rings. The molecule has 8 heteroatoms. The average Bonchev–Trinajstić information content (AvgIpc) is 2.48. The number of ether oxygens (including phenoxy) is 1. The minimum absolute atomic E-state index is 0. The van der Waals surface area contributed by atoms with Crippen LogP contribution in [0.2, 0.25) is 0 Å². The van der Waals surface area contributed by atoms with Gasteiger partial charge in [-0.2, -0.15) is 0 Å². The van der Waals surface area contributed by atoms with Crippen molar-refractivity contribution in [2.24, 2.45) is 5.73 Å². The molecule has 0 aliphatic heterocycles. The van der Waals surface area contributed by atoms with Gasteiger partial charge in [0.05, 0.1) is 12.1 Å². The minimum Gasteiger partial charge on any atom is -0.405 e. The van der Waals surface area contributed by atoms with Gasteiger partial charge in [0.25, 0.3) is 0 Å². The van der Waals surface area contributed by atoms with Crippen molar-refractivity contribution in [2.45, 2.75) is 24.9 Å². The highest BCUT2D eigenvalue weighted by molar-refractivity contribution is 9.10. The van der Waals surface area contributed by atoms with Crippen molar-refractivity contribution in [1.29, 1.82) is 0 Å². The van der Waals surface area contributed by atoms with Crippen LogP contribution >= 0.6 is 28.3 Å². The first-order valence-electron chi connectivity index (χ1n) is 6.79. The van der Waals surface area contributed by atoms with E-state index in [1.54, 1.807) is 0 Å². The molecular weight excluding hydrogens is 411 g/mol. The van der Waals surface area contributed by atoms with E-state index < -0.39 is 24.3 Å². The lowest BCUT2D eigenvalue weighted by atomic mass is 9.96. The van der Waals surface area contributed by atoms with E-state index in [9.17, 15) is 18.3 Å². The van der Waals surface area contributed by atoms with Gasteiger partial charge in [-0.15, -0.1) is 25.6 Å². The van der Waals surface area contributed by atoms with E-state index in [-0.39, 0.29) is 24.4 Å². The van der Waals surface area contributed by atoms with Crippen LogP contribution in [-0.2, 0) is 6.42 Å². The molecule has 0 amide bonds. The summed E-state index contributed by atoms with van der Waals surface area (Å²) in [5, 5.41) is 10.3. The maximum Gasteiger partial charge on any atom is 0.573 e. The van der Waals surface area contributed by atoms with Crippen molar-refractivity contribution in [3.63, 3.8) is 0 Å². The Labute approximate surface area is 152 Å². The van der Waals surface area contributed by atoms with Gasteiger partial charge in [-0.05, 0) is 23.8 Å². The summed E-state index contributed by atoms with van der Waals surface area (Å²) in [5.41, 5.74) is 6.88.